The number of carbonyl (C=O) groups excluding carboxylic acids is 2. The second-order valence-corrected chi connectivity index (χ2v) is 18.6. The van der Waals surface area contributed by atoms with Crippen LogP contribution in [0.15, 0.2) is 85.1 Å². The minimum absolute atomic E-state index is 0.0571. The standard InChI is InChI=1S/C50H80N2O17/c1-30-18-15-13-11-9-7-5-6-8-10-12-14-16-19-37(68-49-47(63)44(51)46(62)33(4)67-49)27-41-43(48(64)52-22-17-23-53)40(59)29-50(65,69-41)28-39(58)38(57)21-20-34(54)24-35(55)25-36(56)26-42(60)66-32(3)31(2)45(30)61/h5-16,18-19,30-41,43-47,49,53-59,61-63,65H,17,20-29,51H2,1-4H3,(H,52,64)/b6-5-,9-7-,10-8-,13-11-,14-12-,18-15-,19-16+/t30-,31-,32-,33-,34+,35+,36+,37-,38+,39+,40-,41-,43+,44+,45+,46-,47+,49+,50+/m0/s1. The van der Waals surface area contributed by atoms with Crippen LogP contribution >= 0.6 is 0 Å². The number of ether oxygens (including phenoxy) is 4. The lowest BCUT2D eigenvalue weighted by atomic mass is 9.82. The molecule has 14 N–H and O–H groups in total. The van der Waals surface area contributed by atoms with Crippen molar-refractivity contribution in [2.75, 3.05) is 13.2 Å². The number of hydrogen-bond donors (Lipinski definition) is 13. The van der Waals surface area contributed by atoms with Crippen LogP contribution in [0.1, 0.15) is 85.5 Å². The highest BCUT2D eigenvalue weighted by atomic mass is 16.7. The van der Waals surface area contributed by atoms with Gasteiger partial charge in [0.1, 0.15) is 12.2 Å². The first kappa shape index (κ1) is 59.8. The van der Waals surface area contributed by atoms with Crippen LogP contribution < -0.4 is 11.1 Å². The molecule has 19 nitrogen and oxygen atoms in total. The van der Waals surface area contributed by atoms with Gasteiger partial charge in [-0.2, -0.15) is 0 Å². The number of rotatable bonds is 6. The number of hydrogen-bond acceptors (Lipinski definition) is 18. The quantitative estimate of drug-likeness (QED) is 0.124. The van der Waals surface area contributed by atoms with E-state index in [1.807, 2.05) is 37.3 Å². The van der Waals surface area contributed by atoms with E-state index in [-0.39, 0.29) is 57.6 Å². The summed E-state index contributed by atoms with van der Waals surface area (Å²) < 4.78 is 23.6. The predicted octanol–water partition coefficient (Wildman–Crippen LogP) is 0.126. The SMILES string of the molecule is C[C@@H]1[C@H](O)[C@@H](C)\C=C/C=C\C=C/C=C\C=C/C=C\C=C\[C@H](O[C@H]2O[C@@H](C)[C@H](O)[C@@H](N)[C@H]2O)C[C@@H]2O[C@](O)(C[C@@H](O)[C@H](O)CC[C@@H](O)C[C@@H](O)C[C@@H](O)CC(=O)O[C@H]1C)C[C@H](O)[C@H]2C(=O)NCCCO. The Kier molecular flexibility index (Phi) is 26.4. The zero-order valence-electron chi connectivity index (χ0n) is 40.2. The lowest BCUT2D eigenvalue weighted by Gasteiger charge is -2.46. The molecule has 0 unspecified atom stereocenters. The number of carbonyl (C=O) groups is 2. The van der Waals surface area contributed by atoms with Crippen molar-refractivity contribution >= 4 is 11.9 Å². The first-order valence-corrected chi connectivity index (χ1v) is 24.0. The molecule has 1 amide bonds. The Morgan fingerprint density at radius 3 is 1.88 bits per heavy atom. The molecular weight excluding hydrogens is 901 g/mol. The summed E-state index contributed by atoms with van der Waals surface area (Å²) in [7, 11) is 0. The number of aliphatic hydroxyl groups excluding tert-OH is 10. The summed E-state index contributed by atoms with van der Waals surface area (Å²) in [5.41, 5.74) is 6.08. The second kappa shape index (κ2) is 30.4. The van der Waals surface area contributed by atoms with Gasteiger partial charge in [0, 0.05) is 44.2 Å². The van der Waals surface area contributed by atoms with Crippen LogP contribution in [-0.2, 0) is 28.5 Å². The molecule has 0 aromatic rings. The molecule has 392 valence electrons. The Balaban J connectivity index is 1.92. The van der Waals surface area contributed by atoms with Gasteiger partial charge in [-0.15, -0.1) is 0 Å². The van der Waals surface area contributed by atoms with Crippen molar-refractivity contribution in [3.05, 3.63) is 85.1 Å². The molecule has 3 heterocycles. The maximum absolute atomic E-state index is 13.6. The van der Waals surface area contributed by atoms with Crippen LogP contribution in [0.2, 0.25) is 0 Å². The van der Waals surface area contributed by atoms with E-state index in [0.29, 0.717) is 0 Å². The number of aliphatic hydroxyl groups is 11. The van der Waals surface area contributed by atoms with E-state index in [9.17, 15) is 65.8 Å². The molecule has 19 heteroatoms. The summed E-state index contributed by atoms with van der Waals surface area (Å²) in [5.74, 6) is -5.78. The first-order chi connectivity index (χ1) is 32.7. The van der Waals surface area contributed by atoms with Gasteiger partial charge in [-0.05, 0) is 46.0 Å². The summed E-state index contributed by atoms with van der Waals surface area (Å²) >= 11 is 0. The molecule has 2 bridgehead atoms. The van der Waals surface area contributed by atoms with Crippen LogP contribution in [0.4, 0.5) is 0 Å². The molecule has 0 aromatic heterocycles. The fourth-order valence-electron chi connectivity index (χ4n) is 8.38. The molecule has 19 atom stereocenters. The van der Waals surface area contributed by atoms with Gasteiger partial charge in [0.15, 0.2) is 12.1 Å². The monoisotopic (exact) mass is 981 g/mol. The fraction of sp³-hybridized carbons (Fsp3) is 0.680. The number of nitrogens with two attached hydrogens (primary N) is 1. The molecule has 2 saturated heterocycles. The van der Waals surface area contributed by atoms with Gasteiger partial charge in [0.2, 0.25) is 5.91 Å². The van der Waals surface area contributed by atoms with Crippen LogP contribution in [0, 0.1) is 17.8 Å². The predicted molar refractivity (Wildman–Crippen MR) is 254 cm³/mol. The van der Waals surface area contributed by atoms with Crippen molar-refractivity contribution in [1.82, 2.24) is 5.32 Å². The lowest BCUT2D eigenvalue weighted by molar-refractivity contribution is -0.308. The van der Waals surface area contributed by atoms with E-state index in [0.717, 1.165) is 0 Å². The van der Waals surface area contributed by atoms with Gasteiger partial charge in [-0.1, -0.05) is 98.9 Å². The molecule has 3 aliphatic heterocycles. The first-order valence-electron chi connectivity index (χ1n) is 24.0. The molecule has 0 aliphatic carbocycles. The molecule has 0 aromatic carbocycles. The van der Waals surface area contributed by atoms with Crippen LogP contribution in [0.3, 0.4) is 0 Å². The highest BCUT2D eigenvalue weighted by Gasteiger charge is 2.51. The van der Waals surface area contributed by atoms with Gasteiger partial charge in [-0.3, -0.25) is 9.59 Å². The van der Waals surface area contributed by atoms with E-state index in [1.54, 1.807) is 75.5 Å². The van der Waals surface area contributed by atoms with Gasteiger partial charge < -0.3 is 86.2 Å². The number of fused-ring (bicyclic) bond motifs is 2. The van der Waals surface area contributed by atoms with Crippen molar-refractivity contribution in [3.63, 3.8) is 0 Å². The molecular formula is C50H80N2O17. The van der Waals surface area contributed by atoms with Crippen molar-refractivity contribution in [1.29, 1.82) is 0 Å². The molecule has 0 spiro atoms. The number of esters is 1. The lowest BCUT2D eigenvalue weighted by Crippen LogP contribution is -2.62. The number of nitrogens with one attached hydrogen (secondary N) is 1. The molecule has 0 saturated carbocycles. The summed E-state index contributed by atoms with van der Waals surface area (Å²) in [6.07, 6.45) is 4.57. The topological polar surface area (TPSA) is 332 Å². The average molecular weight is 981 g/mol. The maximum Gasteiger partial charge on any atom is 0.308 e. The Hall–Kier alpha value is -3.48. The second-order valence-electron chi connectivity index (χ2n) is 18.6. The van der Waals surface area contributed by atoms with Crippen molar-refractivity contribution in [2.45, 2.75) is 183 Å². The molecule has 2 fully saturated rings. The highest BCUT2D eigenvalue weighted by molar-refractivity contribution is 5.80. The van der Waals surface area contributed by atoms with E-state index >= 15 is 0 Å². The maximum atomic E-state index is 13.6. The summed E-state index contributed by atoms with van der Waals surface area (Å²) in [6, 6.07) is -1.14. The Labute approximate surface area is 405 Å². The third-order valence-corrected chi connectivity index (χ3v) is 12.7. The molecule has 3 rings (SSSR count). The van der Waals surface area contributed by atoms with E-state index < -0.39 is 140 Å². The van der Waals surface area contributed by atoms with Gasteiger partial charge in [0.25, 0.3) is 0 Å². The van der Waals surface area contributed by atoms with Gasteiger partial charge in [-0.25, -0.2) is 0 Å². The van der Waals surface area contributed by atoms with Gasteiger partial charge >= 0.3 is 5.97 Å². The minimum Gasteiger partial charge on any atom is -0.462 e. The van der Waals surface area contributed by atoms with E-state index in [2.05, 4.69) is 5.32 Å². The van der Waals surface area contributed by atoms with E-state index in [4.69, 9.17) is 24.7 Å². The largest absolute Gasteiger partial charge is 0.462 e. The highest BCUT2D eigenvalue weighted by Crippen LogP contribution is 2.38. The Morgan fingerprint density at radius 2 is 1.28 bits per heavy atom. The smallest absolute Gasteiger partial charge is 0.308 e. The van der Waals surface area contributed by atoms with Gasteiger partial charge in [0.05, 0.1) is 85.5 Å². The Morgan fingerprint density at radius 1 is 0.710 bits per heavy atom. The zero-order chi connectivity index (χ0) is 51.3. The molecule has 3 aliphatic rings. The van der Waals surface area contributed by atoms with Crippen molar-refractivity contribution in [3.8, 4) is 0 Å². The number of amides is 1. The summed E-state index contributed by atoms with van der Waals surface area (Å²) in [4.78, 5) is 26.3. The third-order valence-electron chi connectivity index (χ3n) is 12.7. The third kappa shape index (κ3) is 20.6. The number of cyclic esters (lactones) is 1. The van der Waals surface area contributed by atoms with Crippen LogP contribution in [-0.4, -0.2) is 179 Å². The fourth-order valence-corrected chi connectivity index (χ4v) is 8.38. The van der Waals surface area contributed by atoms with Crippen LogP contribution in [0.5, 0.6) is 0 Å². The molecule has 0 radical (unpaired) electrons. The summed E-state index contributed by atoms with van der Waals surface area (Å²) in [5, 5.41) is 121. The van der Waals surface area contributed by atoms with E-state index in [1.165, 1.54) is 0 Å². The van der Waals surface area contributed by atoms with Crippen molar-refractivity contribution in [2.24, 2.45) is 23.5 Å². The molecule has 69 heavy (non-hydrogen) atoms. The number of allylic oxidation sites excluding steroid dienone is 12. The summed E-state index contributed by atoms with van der Waals surface area (Å²) in [6.45, 7) is 6.61. The normalized spacial score (nSPS) is 43.5. The Bertz CT molecular complexity index is 1740. The van der Waals surface area contributed by atoms with Crippen molar-refractivity contribution < 1.29 is 84.7 Å². The zero-order valence-corrected chi connectivity index (χ0v) is 40.2. The van der Waals surface area contributed by atoms with Crippen LogP contribution in [0.25, 0.3) is 0 Å². The average Bonchev–Trinajstić information content (AvgIpc) is 3.27. The minimum atomic E-state index is -2.32.